The lowest BCUT2D eigenvalue weighted by Crippen LogP contribution is -1.83. The molecular weight excluding hydrogens is 258 g/mol. The molecule has 2 heterocycles. The Balaban J connectivity index is 2.44. The third-order valence-corrected chi connectivity index (χ3v) is 4.77. The van der Waals surface area contributed by atoms with E-state index < -0.39 is 9.05 Å². The van der Waals surface area contributed by atoms with Gasteiger partial charge in [-0.25, -0.2) is 8.42 Å². The molecule has 0 radical (unpaired) electrons. The molecule has 0 aliphatic rings. The van der Waals surface area contributed by atoms with E-state index in [0.29, 0.717) is 11.3 Å². The Kier molecular flexibility index (Phi) is 2.57. The molecule has 2 aromatic heterocycles. The standard InChI is InChI=1S/C8H6ClNO3S2/c1-5-2-7(13-10-5)6-3-8(14-4-6)15(9,11)12/h2-4H,1H3. The van der Waals surface area contributed by atoms with Crippen LogP contribution in [0.4, 0.5) is 0 Å². The third-order valence-electron chi connectivity index (χ3n) is 1.73. The molecular formula is C8H6ClNO3S2. The lowest BCUT2D eigenvalue weighted by molar-refractivity contribution is 0.427. The Morgan fingerprint density at radius 1 is 1.47 bits per heavy atom. The van der Waals surface area contributed by atoms with Crippen LogP contribution in [0.5, 0.6) is 0 Å². The minimum Gasteiger partial charge on any atom is -0.356 e. The van der Waals surface area contributed by atoms with Crippen molar-refractivity contribution in [3.8, 4) is 11.3 Å². The Morgan fingerprint density at radius 2 is 2.20 bits per heavy atom. The highest BCUT2D eigenvalue weighted by Crippen LogP contribution is 2.30. The number of thiophene rings is 1. The van der Waals surface area contributed by atoms with E-state index in [1.54, 1.807) is 18.4 Å². The van der Waals surface area contributed by atoms with Crippen molar-refractivity contribution in [3.63, 3.8) is 0 Å². The minimum atomic E-state index is -3.65. The molecule has 4 nitrogen and oxygen atoms in total. The molecule has 2 aromatic rings. The van der Waals surface area contributed by atoms with Crippen LogP contribution in [0.3, 0.4) is 0 Å². The van der Waals surface area contributed by atoms with Gasteiger partial charge >= 0.3 is 0 Å². The van der Waals surface area contributed by atoms with Gasteiger partial charge < -0.3 is 4.52 Å². The summed E-state index contributed by atoms with van der Waals surface area (Å²) in [5.74, 6) is 0.537. The molecule has 0 fully saturated rings. The highest BCUT2D eigenvalue weighted by Gasteiger charge is 2.15. The summed E-state index contributed by atoms with van der Waals surface area (Å²) in [5.41, 5.74) is 1.41. The maximum absolute atomic E-state index is 11.0. The maximum atomic E-state index is 11.0. The van der Waals surface area contributed by atoms with E-state index in [1.165, 1.54) is 6.07 Å². The van der Waals surface area contributed by atoms with E-state index >= 15 is 0 Å². The monoisotopic (exact) mass is 263 g/mol. The van der Waals surface area contributed by atoms with Crippen molar-refractivity contribution in [2.24, 2.45) is 0 Å². The SMILES string of the molecule is Cc1cc(-c2csc(S(=O)(=O)Cl)c2)on1. The largest absolute Gasteiger partial charge is 0.356 e. The summed E-state index contributed by atoms with van der Waals surface area (Å²) in [4.78, 5) is 0. The Labute approximate surface area is 94.9 Å². The molecule has 7 heteroatoms. The van der Waals surface area contributed by atoms with Gasteiger partial charge in [0, 0.05) is 27.7 Å². The average Bonchev–Trinajstić information content (AvgIpc) is 2.69. The van der Waals surface area contributed by atoms with E-state index in [1.807, 2.05) is 0 Å². The molecule has 0 saturated heterocycles. The number of halogens is 1. The third kappa shape index (κ3) is 2.22. The Morgan fingerprint density at radius 3 is 2.67 bits per heavy atom. The molecule has 0 aliphatic carbocycles. The molecule has 0 N–H and O–H groups in total. The van der Waals surface area contributed by atoms with Gasteiger partial charge in [-0.15, -0.1) is 11.3 Å². The Hall–Kier alpha value is -0.850. The molecule has 0 aromatic carbocycles. The number of aromatic nitrogens is 1. The van der Waals surface area contributed by atoms with Crippen LogP contribution in [0.25, 0.3) is 11.3 Å². The molecule has 0 saturated carbocycles. The molecule has 15 heavy (non-hydrogen) atoms. The quantitative estimate of drug-likeness (QED) is 0.782. The second kappa shape index (κ2) is 3.62. The van der Waals surface area contributed by atoms with Gasteiger partial charge in [0.05, 0.1) is 5.69 Å². The Bertz CT molecular complexity index is 585. The average molecular weight is 264 g/mol. The van der Waals surface area contributed by atoms with Gasteiger partial charge in [-0.1, -0.05) is 5.16 Å². The van der Waals surface area contributed by atoms with Gasteiger partial charge in [0.15, 0.2) is 5.76 Å². The summed E-state index contributed by atoms with van der Waals surface area (Å²) in [6.45, 7) is 1.79. The summed E-state index contributed by atoms with van der Waals surface area (Å²) in [7, 11) is 1.55. The summed E-state index contributed by atoms with van der Waals surface area (Å²) < 4.78 is 27.1. The molecule has 80 valence electrons. The lowest BCUT2D eigenvalue weighted by atomic mass is 10.2. The van der Waals surface area contributed by atoms with Gasteiger partial charge in [0.25, 0.3) is 9.05 Å². The number of hydrogen-bond donors (Lipinski definition) is 0. The van der Waals surface area contributed by atoms with Crippen LogP contribution in [0, 0.1) is 6.92 Å². The van der Waals surface area contributed by atoms with Gasteiger partial charge in [-0.3, -0.25) is 0 Å². The predicted molar refractivity (Wildman–Crippen MR) is 57.6 cm³/mol. The smallest absolute Gasteiger partial charge is 0.270 e. The molecule has 0 bridgehead atoms. The van der Waals surface area contributed by atoms with Crippen LogP contribution in [0.2, 0.25) is 0 Å². The van der Waals surface area contributed by atoms with Crippen molar-refractivity contribution in [2.45, 2.75) is 11.1 Å². The van der Waals surface area contributed by atoms with E-state index in [4.69, 9.17) is 15.2 Å². The molecule has 0 spiro atoms. The van der Waals surface area contributed by atoms with Gasteiger partial charge in [0.2, 0.25) is 0 Å². The van der Waals surface area contributed by atoms with Crippen molar-refractivity contribution < 1.29 is 12.9 Å². The van der Waals surface area contributed by atoms with Crippen LogP contribution in [-0.4, -0.2) is 13.6 Å². The first kappa shape index (κ1) is 10.7. The summed E-state index contributed by atoms with van der Waals surface area (Å²) >= 11 is 1.05. The number of aryl methyl sites for hydroxylation is 1. The van der Waals surface area contributed by atoms with Crippen molar-refractivity contribution in [3.05, 3.63) is 23.2 Å². The van der Waals surface area contributed by atoms with Crippen LogP contribution in [0.15, 0.2) is 26.2 Å². The van der Waals surface area contributed by atoms with E-state index in [9.17, 15) is 8.42 Å². The summed E-state index contributed by atoms with van der Waals surface area (Å²) in [6, 6.07) is 3.19. The van der Waals surface area contributed by atoms with Crippen LogP contribution in [0.1, 0.15) is 5.69 Å². The second-order valence-electron chi connectivity index (χ2n) is 2.92. The van der Waals surface area contributed by atoms with Crippen molar-refractivity contribution in [2.75, 3.05) is 0 Å². The second-order valence-corrected chi connectivity index (χ2v) is 6.63. The molecule has 2 rings (SSSR count). The normalized spacial score (nSPS) is 11.9. The fraction of sp³-hybridized carbons (Fsp3) is 0.125. The molecule has 0 atom stereocenters. The summed E-state index contributed by atoms with van der Waals surface area (Å²) in [5, 5.41) is 5.37. The zero-order valence-corrected chi connectivity index (χ0v) is 9.99. The van der Waals surface area contributed by atoms with Crippen molar-refractivity contribution in [1.82, 2.24) is 5.16 Å². The van der Waals surface area contributed by atoms with Gasteiger partial charge in [-0.05, 0) is 13.0 Å². The molecule has 0 unspecified atom stereocenters. The van der Waals surface area contributed by atoms with E-state index in [-0.39, 0.29) is 4.21 Å². The fourth-order valence-corrected chi connectivity index (χ4v) is 3.03. The number of rotatable bonds is 2. The van der Waals surface area contributed by atoms with Crippen molar-refractivity contribution >= 4 is 31.1 Å². The fourth-order valence-electron chi connectivity index (χ4n) is 1.07. The van der Waals surface area contributed by atoms with E-state index in [2.05, 4.69) is 5.16 Å². The predicted octanol–water partition coefficient (Wildman–Crippen LogP) is 2.64. The van der Waals surface area contributed by atoms with E-state index in [0.717, 1.165) is 17.0 Å². The first-order valence-corrected chi connectivity index (χ1v) is 7.12. The number of hydrogen-bond acceptors (Lipinski definition) is 5. The molecule has 0 amide bonds. The van der Waals surface area contributed by atoms with Gasteiger partial charge in [0.1, 0.15) is 4.21 Å². The maximum Gasteiger partial charge on any atom is 0.270 e. The van der Waals surface area contributed by atoms with Crippen LogP contribution < -0.4 is 0 Å². The lowest BCUT2D eigenvalue weighted by Gasteiger charge is -1.86. The zero-order valence-electron chi connectivity index (χ0n) is 7.60. The number of nitrogens with zero attached hydrogens (tertiary/aromatic N) is 1. The van der Waals surface area contributed by atoms with Crippen LogP contribution >= 0.6 is 22.0 Å². The van der Waals surface area contributed by atoms with Crippen LogP contribution in [-0.2, 0) is 9.05 Å². The first-order valence-electron chi connectivity index (χ1n) is 3.94. The van der Waals surface area contributed by atoms with Gasteiger partial charge in [-0.2, -0.15) is 0 Å². The topological polar surface area (TPSA) is 60.2 Å². The van der Waals surface area contributed by atoms with Crippen molar-refractivity contribution in [1.29, 1.82) is 0 Å². The summed E-state index contributed by atoms with van der Waals surface area (Å²) in [6.07, 6.45) is 0. The zero-order chi connectivity index (χ0) is 11.1. The highest BCUT2D eigenvalue weighted by atomic mass is 35.7. The molecule has 0 aliphatic heterocycles. The first-order chi connectivity index (χ1) is 6.97. The minimum absolute atomic E-state index is 0.105. The highest BCUT2D eigenvalue weighted by molar-refractivity contribution is 8.15.